The van der Waals surface area contributed by atoms with Gasteiger partial charge in [-0.05, 0) is 55.7 Å². The maximum Gasteiger partial charge on any atom is 0.129 e. The van der Waals surface area contributed by atoms with E-state index in [9.17, 15) is 8.78 Å². The molecular weight excluding hydrogens is 244 g/mol. The van der Waals surface area contributed by atoms with Gasteiger partial charge < -0.3 is 5.73 Å². The normalized spacial score (nSPS) is 18.5. The quantitative estimate of drug-likeness (QED) is 0.850. The lowest BCUT2D eigenvalue weighted by molar-refractivity contribution is 0.160. The molecule has 0 aliphatic heterocycles. The predicted molar refractivity (Wildman–Crippen MR) is 73.9 cm³/mol. The van der Waals surface area contributed by atoms with Gasteiger partial charge in [-0.1, -0.05) is 25.3 Å². The Kier molecular flexibility index (Phi) is 4.92. The molecule has 0 unspecified atom stereocenters. The molecule has 1 aliphatic rings. The van der Waals surface area contributed by atoms with Crippen molar-refractivity contribution in [1.82, 2.24) is 0 Å². The molecule has 2 N–H and O–H groups in total. The molecule has 0 radical (unpaired) electrons. The summed E-state index contributed by atoms with van der Waals surface area (Å²) in [4.78, 5) is 0. The molecule has 1 aromatic carbocycles. The Morgan fingerprint density at radius 2 is 1.79 bits per heavy atom. The second kappa shape index (κ2) is 6.47. The summed E-state index contributed by atoms with van der Waals surface area (Å²) in [6.07, 6.45) is 8.89. The molecule has 2 rings (SSSR count). The first-order valence-corrected chi connectivity index (χ1v) is 7.29. The van der Waals surface area contributed by atoms with E-state index in [1.165, 1.54) is 38.2 Å². The van der Waals surface area contributed by atoms with E-state index in [2.05, 4.69) is 0 Å². The Morgan fingerprint density at radius 3 is 2.42 bits per heavy atom. The molecule has 1 nitrogen and oxygen atoms in total. The van der Waals surface area contributed by atoms with Crippen molar-refractivity contribution in [2.75, 3.05) is 6.54 Å². The number of aryl methyl sites for hydroxylation is 1. The van der Waals surface area contributed by atoms with Gasteiger partial charge >= 0.3 is 0 Å². The van der Waals surface area contributed by atoms with E-state index in [1.54, 1.807) is 6.07 Å². The van der Waals surface area contributed by atoms with Crippen molar-refractivity contribution in [3.05, 3.63) is 35.4 Å². The second-order valence-corrected chi connectivity index (χ2v) is 5.84. The van der Waals surface area contributed by atoms with Gasteiger partial charge in [-0.25, -0.2) is 8.78 Å². The molecular formula is C16H23F2N. The fraction of sp³-hybridized carbons (Fsp3) is 0.625. The van der Waals surface area contributed by atoms with Crippen LogP contribution in [0.4, 0.5) is 8.78 Å². The highest BCUT2D eigenvalue weighted by Gasteiger charge is 2.30. The van der Waals surface area contributed by atoms with Crippen molar-refractivity contribution >= 4 is 0 Å². The minimum atomic E-state index is -0.504. The van der Waals surface area contributed by atoms with E-state index < -0.39 is 11.6 Å². The van der Waals surface area contributed by atoms with Gasteiger partial charge in [-0.3, -0.25) is 0 Å². The fourth-order valence-electron chi connectivity index (χ4n) is 3.36. The van der Waals surface area contributed by atoms with Crippen LogP contribution < -0.4 is 5.73 Å². The summed E-state index contributed by atoms with van der Waals surface area (Å²) in [5, 5.41) is 0. The second-order valence-electron chi connectivity index (χ2n) is 5.84. The molecule has 0 saturated heterocycles. The summed E-state index contributed by atoms with van der Waals surface area (Å²) in [6.45, 7) is 0.700. The van der Waals surface area contributed by atoms with Crippen molar-refractivity contribution in [3.8, 4) is 0 Å². The fourth-order valence-corrected chi connectivity index (χ4v) is 3.36. The van der Waals surface area contributed by atoms with Gasteiger partial charge in [0.2, 0.25) is 0 Å². The van der Waals surface area contributed by atoms with Gasteiger partial charge in [-0.2, -0.15) is 0 Å². The van der Waals surface area contributed by atoms with E-state index in [0.717, 1.165) is 18.9 Å². The summed E-state index contributed by atoms with van der Waals surface area (Å²) < 4.78 is 26.5. The van der Waals surface area contributed by atoms with Crippen LogP contribution in [0.2, 0.25) is 0 Å². The molecule has 0 amide bonds. The number of hydrogen-bond acceptors (Lipinski definition) is 1. The lowest BCUT2D eigenvalue weighted by Gasteiger charge is -2.37. The van der Waals surface area contributed by atoms with Crippen molar-refractivity contribution in [2.45, 2.75) is 51.4 Å². The topological polar surface area (TPSA) is 26.0 Å². The highest BCUT2D eigenvalue weighted by atomic mass is 19.1. The van der Waals surface area contributed by atoms with Crippen LogP contribution in [0.5, 0.6) is 0 Å². The zero-order valence-electron chi connectivity index (χ0n) is 11.4. The van der Waals surface area contributed by atoms with E-state index in [-0.39, 0.29) is 5.41 Å². The van der Waals surface area contributed by atoms with E-state index in [1.807, 2.05) is 0 Å². The maximum atomic E-state index is 13.7. The van der Waals surface area contributed by atoms with E-state index in [4.69, 9.17) is 5.73 Å². The highest BCUT2D eigenvalue weighted by molar-refractivity contribution is 5.19. The number of rotatable bonds is 5. The molecule has 0 atom stereocenters. The molecule has 1 saturated carbocycles. The first-order chi connectivity index (χ1) is 9.15. The standard InChI is InChI=1S/C16H23F2N/c17-14-5-4-13(15(18)12-14)6-9-16(10-11-19)7-2-1-3-8-16/h4-5,12H,1-3,6-11,19H2. The van der Waals surface area contributed by atoms with Gasteiger partial charge in [-0.15, -0.1) is 0 Å². The number of hydrogen-bond donors (Lipinski definition) is 1. The molecule has 0 spiro atoms. The SMILES string of the molecule is NCCC1(CCc2ccc(F)cc2F)CCCCC1. The average Bonchev–Trinajstić information content (AvgIpc) is 2.39. The summed E-state index contributed by atoms with van der Waals surface area (Å²) in [6, 6.07) is 3.89. The van der Waals surface area contributed by atoms with Crippen molar-refractivity contribution in [1.29, 1.82) is 0 Å². The average molecular weight is 267 g/mol. The maximum absolute atomic E-state index is 13.7. The molecule has 0 bridgehead atoms. The molecule has 106 valence electrons. The Labute approximate surface area is 114 Å². The lowest BCUT2D eigenvalue weighted by atomic mass is 9.68. The summed E-state index contributed by atoms with van der Waals surface area (Å²) >= 11 is 0. The van der Waals surface area contributed by atoms with Crippen LogP contribution in [0, 0.1) is 17.0 Å². The Hall–Kier alpha value is -0.960. The zero-order valence-corrected chi connectivity index (χ0v) is 11.4. The van der Waals surface area contributed by atoms with E-state index >= 15 is 0 Å². The molecule has 0 heterocycles. The minimum absolute atomic E-state index is 0.286. The van der Waals surface area contributed by atoms with Gasteiger partial charge in [0.05, 0.1) is 0 Å². The van der Waals surface area contributed by atoms with Crippen LogP contribution in [0.1, 0.15) is 50.5 Å². The first-order valence-electron chi connectivity index (χ1n) is 7.29. The van der Waals surface area contributed by atoms with Gasteiger partial charge in [0.15, 0.2) is 0 Å². The number of benzene rings is 1. The Morgan fingerprint density at radius 1 is 1.05 bits per heavy atom. The van der Waals surface area contributed by atoms with Crippen molar-refractivity contribution in [3.63, 3.8) is 0 Å². The van der Waals surface area contributed by atoms with Crippen LogP contribution in [0.3, 0.4) is 0 Å². The van der Waals surface area contributed by atoms with Crippen LogP contribution in [0.25, 0.3) is 0 Å². The van der Waals surface area contributed by atoms with Crippen molar-refractivity contribution < 1.29 is 8.78 Å². The third-order valence-electron chi connectivity index (χ3n) is 4.53. The Bertz CT molecular complexity index is 406. The lowest BCUT2D eigenvalue weighted by Crippen LogP contribution is -2.28. The predicted octanol–water partition coefficient (Wildman–Crippen LogP) is 4.20. The summed E-state index contributed by atoms with van der Waals surface area (Å²) in [5.74, 6) is -0.922. The summed E-state index contributed by atoms with van der Waals surface area (Å²) in [5.41, 5.74) is 6.65. The molecule has 1 aliphatic carbocycles. The Balaban J connectivity index is 2.01. The highest BCUT2D eigenvalue weighted by Crippen LogP contribution is 2.42. The third-order valence-corrected chi connectivity index (χ3v) is 4.53. The largest absolute Gasteiger partial charge is 0.330 e. The monoisotopic (exact) mass is 267 g/mol. The molecule has 3 heteroatoms. The van der Waals surface area contributed by atoms with Crippen LogP contribution >= 0.6 is 0 Å². The first kappa shape index (κ1) is 14.4. The van der Waals surface area contributed by atoms with Gasteiger partial charge in [0, 0.05) is 6.07 Å². The minimum Gasteiger partial charge on any atom is -0.330 e. The van der Waals surface area contributed by atoms with Crippen LogP contribution in [-0.4, -0.2) is 6.54 Å². The molecule has 1 aromatic rings. The molecule has 19 heavy (non-hydrogen) atoms. The van der Waals surface area contributed by atoms with Crippen LogP contribution in [0.15, 0.2) is 18.2 Å². The molecule has 1 fully saturated rings. The van der Waals surface area contributed by atoms with Gasteiger partial charge in [0.25, 0.3) is 0 Å². The third kappa shape index (κ3) is 3.75. The molecule has 0 aromatic heterocycles. The smallest absolute Gasteiger partial charge is 0.129 e. The van der Waals surface area contributed by atoms with Crippen LogP contribution in [-0.2, 0) is 6.42 Å². The number of nitrogens with two attached hydrogens (primary N) is 1. The van der Waals surface area contributed by atoms with Crippen molar-refractivity contribution in [2.24, 2.45) is 11.1 Å². The summed E-state index contributed by atoms with van der Waals surface area (Å²) in [7, 11) is 0. The zero-order chi connectivity index (χ0) is 13.7. The number of halogens is 2. The van der Waals surface area contributed by atoms with E-state index in [0.29, 0.717) is 18.5 Å². The van der Waals surface area contributed by atoms with Gasteiger partial charge in [0.1, 0.15) is 11.6 Å².